The highest BCUT2D eigenvalue weighted by Crippen LogP contribution is 2.23. The average molecular weight is 208 g/mol. The van der Waals surface area contributed by atoms with Crippen molar-refractivity contribution in [2.45, 2.75) is 6.10 Å². The van der Waals surface area contributed by atoms with E-state index in [0.29, 0.717) is 5.02 Å². The monoisotopic (exact) mass is 207 g/mol. The van der Waals surface area contributed by atoms with Crippen molar-refractivity contribution in [3.8, 4) is 0 Å². The SMILES string of the molecule is C=CC(O)c1cc2cc(Cl)ccc2[nH]1. The van der Waals surface area contributed by atoms with Gasteiger partial charge in [-0.05, 0) is 24.3 Å². The second-order valence-corrected chi connectivity index (χ2v) is 3.57. The zero-order valence-corrected chi connectivity index (χ0v) is 8.25. The van der Waals surface area contributed by atoms with Crippen molar-refractivity contribution in [1.82, 2.24) is 4.98 Å². The van der Waals surface area contributed by atoms with Crippen molar-refractivity contribution in [3.63, 3.8) is 0 Å². The molecule has 0 saturated heterocycles. The Labute approximate surface area is 86.8 Å². The molecule has 0 fully saturated rings. The summed E-state index contributed by atoms with van der Waals surface area (Å²) in [5.41, 5.74) is 1.70. The van der Waals surface area contributed by atoms with Gasteiger partial charge < -0.3 is 10.1 Å². The van der Waals surface area contributed by atoms with Gasteiger partial charge >= 0.3 is 0 Å². The molecular formula is C11H10ClNO. The van der Waals surface area contributed by atoms with Crippen LogP contribution < -0.4 is 0 Å². The first kappa shape index (κ1) is 9.31. The average Bonchev–Trinajstić information content (AvgIpc) is 2.59. The highest BCUT2D eigenvalue weighted by atomic mass is 35.5. The lowest BCUT2D eigenvalue weighted by Gasteiger charge is -1.99. The quantitative estimate of drug-likeness (QED) is 0.730. The highest BCUT2D eigenvalue weighted by Gasteiger charge is 2.06. The number of hydrogen-bond donors (Lipinski definition) is 2. The Balaban J connectivity index is 2.56. The number of H-pyrrole nitrogens is 1. The largest absolute Gasteiger partial charge is 0.383 e. The van der Waals surface area contributed by atoms with Crippen molar-refractivity contribution in [1.29, 1.82) is 0 Å². The van der Waals surface area contributed by atoms with E-state index < -0.39 is 6.10 Å². The first-order valence-electron chi connectivity index (χ1n) is 4.29. The van der Waals surface area contributed by atoms with Crippen molar-refractivity contribution < 1.29 is 5.11 Å². The van der Waals surface area contributed by atoms with Crippen LogP contribution in [-0.2, 0) is 0 Å². The van der Waals surface area contributed by atoms with Crippen LogP contribution in [0, 0.1) is 0 Å². The van der Waals surface area contributed by atoms with Crippen molar-refractivity contribution in [2.24, 2.45) is 0 Å². The van der Waals surface area contributed by atoms with Crippen LogP contribution >= 0.6 is 11.6 Å². The fraction of sp³-hybridized carbons (Fsp3) is 0.0909. The minimum Gasteiger partial charge on any atom is -0.383 e. The van der Waals surface area contributed by atoms with E-state index in [4.69, 9.17) is 11.6 Å². The fourth-order valence-corrected chi connectivity index (χ4v) is 1.59. The summed E-state index contributed by atoms with van der Waals surface area (Å²) in [6.45, 7) is 3.53. The molecule has 1 aromatic carbocycles. The summed E-state index contributed by atoms with van der Waals surface area (Å²) in [5, 5.41) is 11.2. The summed E-state index contributed by atoms with van der Waals surface area (Å²) in [6.07, 6.45) is 0.827. The van der Waals surface area contributed by atoms with E-state index in [0.717, 1.165) is 16.6 Å². The Hall–Kier alpha value is -1.25. The third-order valence-corrected chi connectivity index (χ3v) is 2.38. The molecule has 0 radical (unpaired) electrons. The number of halogens is 1. The van der Waals surface area contributed by atoms with Gasteiger partial charge in [-0.2, -0.15) is 0 Å². The van der Waals surface area contributed by atoms with Gasteiger partial charge in [-0.15, -0.1) is 6.58 Å². The van der Waals surface area contributed by atoms with E-state index in [1.54, 1.807) is 0 Å². The molecule has 1 aromatic heterocycles. The Morgan fingerprint density at radius 1 is 1.43 bits per heavy atom. The van der Waals surface area contributed by atoms with E-state index in [-0.39, 0.29) is 0 Å². The van der Waals surface area contributed by atoms with Crippen LogP contribution in [0.1, 0.15) is 11.8 Å². The Morgan fingerprint density at radius 2 is 2.21 bits per heavy atom. The molecule has 1 unspecified atom stereocenters. The number of aromatic amines is 1. The van der Waals surface area contributed by atoms with Crippen LogP contribution in [0.15, 0.2) is 36.9 Å². The van der Waals surface area contributed by atoms with Gasteiger partial charge in [0.2, 0.25) is 0 Å². The number of rotatable bonds is 2. The zero-order valence-electron chi connectivity index (χ0n) is 7.50. The van der Waals surface area contributed by atoms with Crippen LogP contribution in [0.2, 0.25) is 5.02 Å². The predicted octanol–water partition coefficient (Wildman–Crippen LogP) is 3.04. The van der Waals surface area contributed by atoms with Crippen molar-refractivity contribution in [2.75, 3.05) is 0 Å². The molecule has 0 aliphatic rings. The Morgan fingerprint density at radius 3 is 2.93 bits per heavy atom. The molecule has 0 bridgehead atoms. The van der Waals surface area contributed by atoms with E-state index >= 15 is 0 Å². The number of fused-ring (bicyclic) bond motifs is 1. The molecule has 2 aromatic rings. The number of benzene rings is 1. The third kappa shape index (κ3) is 1.54. The van der Waals surface area contributed by atoms with Crippen LogP contribution in [-0.4, -0.2) is 10.1 Å². The van der Waals surface area contributed by atoms with E-state index in [1.807, 2.05) is 24.3 Å². The fourth-order valence-electron chi connectivity index (χ4n) is 1.41. The van der Waals surface area contributed by atoms with Gasteiger partial charge in [0.15, 0.2) is 0 Å². The molecule has 0 amide bonds. The summed E-state index contributed by atoms with van der Waals surface area (Å²) in [7, 11) is 0. The third-order valence-electron chi connectivity index (χ3n) is 2.15. The van der Waals surface area contributed by atoms with Gasteiger partial charge in [0, 0.05) is 21.6 Å². The molecule has 3 heteroatoms. The molecule has 0 saturated carbocycles. The second-order valence-electron chi connectivity index (χ2n) is 3.14. The molecule has 72 valence electrons. The maximum atomic E-state index is 9.52. The lowest BCUT2D eigenvalue weighted by molar-refractivity contribution is 0.225. The molecule has 14 heavy (non-hydrogen) atoms. The van der Waals surface area contributed by atoms with E-state index in [2.05, 4.69) is 11.6 Å². The second kappa shape index (κ2) is 3.48. The summed E-state index contributed by atoms with van der Waals surface area (Å²) in [6, 6.07) is 7.42. The maximum Gasteiger partial charge on any atom is 0.112 e. The maximum absolute atomic E-state index is 9.52. The number of aliphatic hydroxyl groups excluding tert-OH is 1. The number of nitrogens with one attached hydrogen (secondary N) is 1. The van der Waals surface area contributed by atoms with Gasteiger partial charge in [-0.25, -0.2) is 0 Å². The summed E-state index contributed by atoms with van der Waals surface area (Å²) in [5.74, 6) is 0. The van der Waals surface area contributed by atoms with Gasteiger partial charge in [-0.3, -0.25) is 0 Å². The molecule has 1 atom stereocenters. The van der Waals surface area contributed by atoms with Crippen LogP contribution in [0.4, 0.5) is 0 Å². The van der Waals surface area contributed by atoms with Crippen molar-refractivity contribution in [3.05, 3.63) is 47.6 Å². The van der Waals surface area contributed by atoms with Gasteiger partial charge in [-0.1, -0.05) is 17.7 Å². The molecule has 2 N–H and O–H groups in total. The Kier molecular flexibility index (Phi) is 2.32. The molecule has 0 aliphatic heterocycles. The Bertz CT molecular complexity index is 475. The standard InChI is InChI=1S/C11H10ClNO/c1-2-11(14)10-6-7-5-8(12)3-4-9(7)13-10/h2-6,11,13-14H,1H2. The molecule has 2 nitrogen and oxygen atoms in total. The first-order chi connectivity index (χ1) is 6.70. The molecule has 2 rings (SSSR count). The normalized spacial score (nSPS) is 13.0. The summed E-state index contributed by atoms with van der Waals surface area (Å²) < 4.78 is 0. The van der Waals surface area contributed by atoms with Crippen LogP contribution in [0.5, 0.6) is 0 Å². The van der Waals surface area contributed by atoms with Crippen LogP contribution in [0.3, 0.4) is 0 Å². The number of aromatic nitrogens is 1. The topological polar surface area (TPSA) is 36.0 Å². The van der Waals surface area contributed by atoms with Gasteiger partial charge in [0.05, 0.1) is 0 Å². The minimum atomic E-state index is -0.652. The van der Waals surface area contributed by atoms with E-state index in [9.17, 15) is 5.11 Å². The lowest BCUT2D eigenvalue weighted by atomic mass is 10.2. The number of aliphatic hydroxyl groups is 1. The van der Waals surface area contributed by atoms with E-state index in [1.165, 1.54) is 6.08 Å². The molecular weight excluding hydrogens is 198 g/mol. The minimum absolute atomic E-state index is 0.652. The smallest absolute Gasteiger partial charge is 0.112 e. The lowest BCUT2D eigenvalue weighted by Crippen LogP contribution is -1.91. The number of hydrogen-bond acceptors (Lipinski definition) is 1. The summed E-state index contributed by atoms with van der Waals surface area (Å²) >= 11 is 5.84. The predicted molar refractivity (Wildman–Crippen MR) is 58.5 cm³/mol. The van der Waals surface area contributed by atoms with Crippen molar-refractivity contribution >= 4 is 22.5 Å². The van der Waals surface area contributed by atoms with Crippen LogP contribution in [0.25, 0.3) is 10.9 Å². The molecule has 0 spiro atoms. The zero-order chi connectivity index (χ0) is 10.1. The summed E-state index contributed by atoms with van der Waals surface area (Å²) in [4.78, 5) is 3.09. The molecule has 1 heterocycles. The molecule has 0 aliphatic carbocycles. The first-order valence-corrected chi connectivity index (χ1v) is 4.67. The van der Waals surface area contributed by atoms with Gasteiger partial charge in [0.1, 0.15) is 6.10 Å². The highest BCUT2D eigenvalue weighted by molar-refractivity contribution is 6.31. The van der Waals surface area contributed by atoms with Gasteiger partial charge in [0.25, 0.3) is 0 Å².